The number of alkyl halides is 3. The standard InChI is InChI=1S/C27H24F3N3O3S/c1-36-22-13-6-5-12-21(22)32-25(35)23-17-24(34)33(15-14-18-8-3-2-4-9-18)26(37-23)31-20-11-7-10-19(16-20)27(28,29)30/h2-13,16,23H,14-15,17H2,1H3,(H,32,35). The Balaban J connectivity index is 1.61. The molecule has 0 saturated carbocycles. The molecule has 2 amide bonds. The van der Waals surface area contributed by atoms with Crippen LogP contribution in [0, 0.1) is 0 Å². The van der Waals surface area contributed by atoms with Crippen molar-refractivity contribution in [1.82, 2.24) is 4.90 Å². The summed E-state index contributed by atoms with van der Waals surface area (Å²) in [5.41, 5.74) is 0.643. The van der Waals surface area contributed by atoms with Gasteiger partial charge in [0.05, 0.1) is 24.0 Å². The highest BCUT2D eigenvalue weighted by atomic mass is 32.2. The molecule has 10 heteroatoms. The molecular formula is C27H24F3N3O3S. The number of amides is 2. The minimum absolute atomic E-state index is 0.0422. The molecule has 1 atom stereocenters. The van der Waals surface area contributed by atoms with Crippen molar-refractivity contribution >= 4 is 40.1 Å². The zero-order valence-corrected chi connectivity index (χ0v) is 20.7. The third kappa shape index (κ3) is 6.71. The molecule has 0 spiro atoms. The second kappa shape index (κ2) is 11.5. The first kappa shape index (κ1) is 26.3. The highest BCUT2D eigenvalue weighted by molar-refractivity contribution is 8.15. The lowest BCUT2D eigenvalue weighted by Crippen LogP contribution is -2.46. The van der Waals surface area contributed by atoms with Crippen LogP contribution < -0.4 is 10.1 Å². The maximum atomic E-state index is 13.2. The Morgan fingerprint density at radius 2 is 1.81 bits per heavy atom. The third-order valence-electron chi connectivity index (χ3n) is 5.66. The fourth-order valence-electron chi connectivity index (χ4n) is 3.77. The number of aliphatic imine (C=N–C) groups is 1. The molecule has 1 aliphatic heterocycles. The molecule has 0 radical (unpaired) electrons. The zero-order chi connectivity index (χ0) is 26.4. The van der Waals surface area contributed by atoms with Crippen molar-refractivity contribution < 1.29 is 27.5 Å². The largest absolute Gasteiger partial charge is 0.495 e. The van der Waals surface area contributed by atoms with Crippen molar-refractivity contribution in [2.24, 2.45) is 4.99 Å². The van der Waals surface area contributed by atoms with Gasteiger partial charge in [-0.15, -0.1) is 0 Å². The molecule has 1 aliphatic rings. The summed E-state index contributed by atoms with van der Waals surface area (Å²) in [7, 11) is 1.48. The van der Waals surface area contributed by atoms with Crippen molar-refractivity contribution in [3.05, 3.63) is 90.0 Å². The first-order valence-corrected chi connectivity index (χ1v) is 12.3. The number of methoxy groups -OCH3 is 1. The molecular weight excluding hydrogens is 503 g/mol. The number of halogens is 3. The Hall–Kier alpha value is -3.79. The van der Waals surface area contributed by atoms with E-state index in [9.17, 15) is 22.8 Å². The van der Waals surface area contributed by atoms with Crippen LogP contribution in [0.3, 0.4) is 0 Å². The van der Waals surface area contributed by atoms with E-state index in [0.717, 1.165) is 29.5 Å². The lowest BCUT2D eigenvalue weighted by Gasteiger charge is -2.32. The van der Waals surface area contributed by atoms with Crippen LogP contribution in [0.15, 0.2) is 83.9 Å². The van der Waals surface area contributed by atoms with Crippen molar-refractivity contribution in [1.29, 1.82) is 0 Å². The Bertz CT molecular complexity index is 1300. The molecule has 3 aromatic rings. The van der Waals surface area contributed by atoms with Gasteiger partial charge in [-0.3, -0.25) is 14.5 Å². The van der Waals surface area contributed by atoms with E-state index < -0.39 is 22.9 Å². The van der Waals surface area contributed by atoms with Gasteiger partial charge in [0.2, 0.25) is 11.8 Å². The Kier molecular flexibility index (Phi) is 8.17. The first-order chi connectivity index (χ1) is 17.7. The second-order valence-electron chi connectivity index (χ2n) is 8.22. The average molecular weight is 528 g/mol. The lowest BCUT2D eigenvalue weighted by atomic mass is 10.1. The van der Waals surface area contributed by atoms with Gasteiger partial charge >= 0.3 is 6.18 Å². The monoisotopic (exact) mass is 527 g/mol. The number of thioether (sulfide) groups is 1. The van der Waals surface area contributed by atoms with Crippen molar-refractivity contribution in [2.75, 3.05) is 19.0 Å². The number of carbonyl (C=O) groups excluding carboxylic acids is 2. The van der Waals surface area contributed by atoms with Gasteiger partial charge in [-0.1, -0.05) is 60.3 Å². The fourth-order valence-corrected chi connectivity index (χ4v) is 4.90. The summed E-state index contributed by atoms with van der Waals surface area (Å²) in [6.07, 6.45) is -4.09. The van der Waals surface area contributed by atoms with Crippen LogP contribution in [-0.2, 0) is 22.2 Å². The number of ether oxygens (including phenoxy) is 1. The summed E-state index contributed by atoms with van der Waals surface area (Å²) in [5.74, 6) is -0.298. The van der Waals surface area contributed by atoms with Crippen molar-refractivity contribution in [3.63, 3.8) is 0 Å². The number of para-hydroxylation sites is 2. The van der Waals surface area contributed by atoms with E-state index in [2.05, 4.69) is 10.3 Å². The molecule has 37 heavy (non-hydrogen) atoms. The van der Waals surface area contributed by atoms with Crippen LogP contribution >= 0.6 is 11.8 Å². The van der Waals surface area contributed by atoms with Crippen molar-refractivity contribution in [3.8, 4) is 5.75 Å². The predicted octanol–water partition coefficient (Wildman–Crippen LogP) is 5.92. The number of nitrogens with one attached hydrogen (secondary N) is 1. The Morgan fingerprint density at radius 3 is 2.54 bits per heavy atom. The number of nitrogens with zero attached hydrogens (tertiary/aromatic N) is 2. The first-order valence-electron chi connectivity index (χ1n) is 11.5. The van der Waals surface area contributed by atoms with Gasteiger partial charge in [0.1, 0.15) is 11.0 Å². The SMILES string of the molecule is COc1ccccc1NC(=O)C1CC(=O)N(CCc2ccccc2)C(=Nc2cccc(C(F)(F)F)c2)S1. The van der Waals surface area contributed by atoms with E-state index in [4.69, 9.17) is 4.74 Å². The molecule has 192 valence electrons. The van der Waals surface area contributed by atoms with Crippen LogP contribution in [-0.4, -0.2) is 40.8 Å². The van der Waals surface area contributed by atoms with E-state index in [1.807, 2.05) is 30.3 Å². The summed E-state index contributed by atoms with van der Waals surface area (Å²) >= 11 is 1.05. The summed E-state index contributed by atoms with van der Waals surface area (Å²) < 4.78 is 45.0. The van der Waals surface area contributed by atoms with Gasteiger partial charge in [0, 0.05) is 13.0 Å². The maximum Gasteiger partial charge on any atom is 0.416 e. The molecule has 1 N–H and O–H groups in total. The van der Waals surface area contributed by atoms with Gasteiger partial charge < -0.3 is 10.1 Å². The van der Waals surface area contributed by atoms with Gasteiger partial charge in [-0.2, -0.15) is 13.2 Å². The smallest absolute Gasteiger partial charge is 0.416 e. The minimum atomic E-state index is -4.53. The van der Waals surface area contributed by atoms with E-state index in [-0.39, 0.29) is 29.7 Å². The van der Waals surface area contributed by atoms with E-state index in [1.54, 1.807) is 24.3 Å². The number of amidine groups is 1. The number of rotatable bonds is 7. The van der Waals surface area contributed by atoms with Crippen molar-refractivity contribution in [2.45, 2.75) is 24.3 Å². The molecule has 3 aromatic carbocycles. The summed E-state index contributed by atoms with van der Waals surface area (Å²) in [6, 6.07) is 21.0. The quantitative estimate of drug-likeness (QED) is 0.414. The number of carbonyl (C=O) groups is 2. The summed E-state index contributed by atoms with van der Waals surface area (Å²) in [5, 5.41) is 2.13. The summed E-state index contributed by atoms with van der Waals surface area (Å²) in [6.45, 7) is 0.272. The topological polar surface area (TPSA) is 71.0 Å². The van der Waals surface area contributed by atoms with Gasteiger partial charge in [-0.25, -0.2) is 4.99 Å². The maximum absolute atomic E-state index is 13.2. The molecule has 6 nitrogen and oxygen atoms in total. The zero-order valence-electron chi connectivity index (χ0n) is 19.9. The molecule has 1 fully saturated rings. The summed E-state index contributed by atoms with van der Waals surface area (Å²) in [4.78, 5) is 32.1. The van der Waals surface area contributed by atoms with Crippen LogP contribution in [0.1, 0.15) is 17.5 Å². The Labute approximate surface area is 216 Å². The lowest BCUT2D eigenvalue weighted by molar-refractivity contribution is -0.137. The minimum Gasteiger partial charge on any atom is -0.495 e. The van der Waals surface area contributed by atoms with Crippen LogP contribution in [0.5, 0.6) is 5.75 Å². The highest BCUT2D eigenvalue weighted by Gasteiger charge is 2.36. The Morgan fingerprint density at radius 1 is 1.08 bits per heavy atom. The molecule has 1 heterocycles. The van der Waals surface area contributed by atoms with Gasteiger partial charge in [0.25, 0.3) is 0 Å². The molecule has 1 unspecified atom stereocenters. The number of anilines is 1. The second-order valence-corrected chi connectivity index (χ2v) is 9.39. The van der Waals surface area contributed by atoms with E-state index in [1.165, 1.54) is 24.1 Å². The number of hydrogen-bond acceptors (Lipinski definition) is 5. The fraction of sp³-hybridized carbons (Fsp3) is 0.222. The third-order valence-corrected chi connectivity index (χ3v) is 6.85. The number of benzene rings is 3. The molecule has 1 saturated heterocycles. The van der Waals surface area contributed by atoms with E-state index >= 15 is 0 Å². The average Bonchev–Trinajstić information content (AvgIpc) is 2.88. The normalized spacial score (nSPS) is 17.1. The molecule has 0 bridgehead atoms. The van der Waals surface area contributed by atoms with Crippen LogP contribution in [0.4, 0.5) is 24.5 Å². The molecule has 4 rings (SSSR count). The van der Waals surface area contributed by atoms with Crippen LogP contribution in [0.25, 0.3) is 0 Å². The van der Waals surface area contributed by atoms with Gasteiger partial charge in [-0.05, 0) is 42.3 Å². The molecule has 0 aliphatic carbocycles. The predicted molar refractivity (Wildman–Crippen MR) is 138 cm³/mol. The van der Waals surface area contributed by atoms with E-state index in [0.29, 0.717) is 17.9 Å². The number of hydrogen-bond donors (Lipinski definition) is 1. The highest BCUT2D eigenvalue weighted by Crippen LogP contribution is 2.34. The van der Waals surface area contributed by atoms with Crippen LogP contribution in [0.2, 0.25) is 0 Å². The van der Waals surface area contributed by atoms with Gasteiger partial charge in [0.15, 0.2) is 5.17 Å². The molecule has 0 aromatic heterocycles.